The van der Waals surface area contributed by atoms with Crippen LogP contribution in [-0.2, 0) is 0 Å². The first-order valence-corrected chi connectivity index (χ1v) is 24.8. The van der Waals surface area contributed by atoms with Crippen LogP contribution < -0.4 is 20.7 Å². The van der Waals surface area contributed by atoms with E-state index in [0.29, 0.717) is 26.4 Å². The molecule has 0 bridgehead atoms. The second-order valence-electron chi connectivity index (χ2n) is 16.7. The average Bonchev–Trinajstić information content (AvgIpc) is 1.06. The second kappa shape index (κ2) is 17.6. The summed E-state index contributed by atoms with van der Waals surface area (Å²) in [5.41, 5.74) is -5.66. The largest absolute Gasteiger partial charge is 0.307 e. The van der Waals surface area contributed by atoms with E-state index in [1.807, 2.05) is 0 Å². The summed E-state index contributed by atoms with van der Waals surface area (Å²) < 4.78 is 363. The Balaban J connectivity index is 1.20. The third-order valence-corrected chi connectivity index (χ3v) is 16.8. The molecule has 15 rings (SSSR count). The lowest BCUT2D eigenvalue weighted by molar-refractivity contribution is 0.950. The number of fused-ring (bicyclic) bond motifs is 9. The molecule has 0 N–H and O–H groups in total. The SMILES string of the molecule is [2H]c1c([2H])c([2H])c(-c2nc(-c3c([2H])c([2H])c([Si](c4c([2H])c([2H])c([2H])c([2H])c4[2H])(c4c([2H])c([2H])c([2H])c([2H])c4[2H])c4c([2H])c([2H])c([2H])c([2H])c4[2H])c([2H])c3[2H])nc(-n3c4c([2H])c([2H])c([2H])c([2H])c4c4c([2H])c([2H])c([2H])c(-n5c6c([2H])c([2H])c([2H])c([2H])c6c6c([2H])c([2H])c([2H])c(-n7c8ccccc8c8ccccc87)c65)c43)n2)c([2H])c1[2H]. The van der Waals surface area contributed by atoms with Gasteiger partial charge in [-0.2, -0.15) is 9.97 Å². The molecule has 0 spiro atoms. The molecule has 0 aliphatic carbocycles. The van der Waals surface area contributed by atoms with Crippen LogP contribution in [-0.4, -0.2) is 36.7 Å². The van der Waals surface area contributed by atoms with E-state index in [1.165, 1.54) is 4.57 Å². The summed E-state index contributed by atoms with van der Waals surface area (Å²) in [6, 6.07) is -30.9. The maximum absolute atomic E-state index is 10.4. The van der Waals surface area contributed by atoms with Gasteiger partial charge in [-0.15, -0.1) is 0 Å². The number of hydrogen-bond donors (Lipinski definition) is 0. The summed E-state index contributed by atoms with van der Waals surface area (Å²) in [5.74, 6) is -3.54. The Morgan fingerprint density at radius 1 is 0.289 bits per heavy atom. The van der Waals surface area contributed by atoms with Gasteiger partial charge < -0.3 is 9.13 Å². The van der Waals surface area contributed by atoms with E-state index in [2.05, 4.69) is 15.0 Å². The van der Waals surface area contributed by atoms with Gasteiger partial charge in [0.1, 0.15) is 0 Å². The molecule has 0 aliphatic heterocycles. The van der Waals surface area contributed by atoms with E-state index in [4.69, 9.17) is 19.2 Å². The Morgan fingerprint density at radius 3 is 1.21 bits per heavy atom. The van der Waals surface area contributed by atoms with Crippen molar-refractivity contribution in [2.75, 3.05) is 0 Å². The van der Waals surface area contributed by atoms with Gasteiger partial charge in [0.25, 0.3) is 0 Å². The number of para-hydroxylation sites is 6. The number of aromatic nitrogens is 6. The van der Waals surface area contributed by atoms with Gasteiger partial charge in [0.15, 0.2) is 19.7 Å². The van der Waals surface area contributed by atoms with Crippen molar-refractivity contribution in [3.8, 4) is 40.1 Å². The van der Waals surface area contributed by atoms with Crippen LogP contribution in [0.25, 0.3) is 106 Å². The highest BCUT2D eigenvalue weighted by atomic mass is 28.3. The molecule has 6 nitrogen and oxygen atoms in total. The van der Waals surface area contributed by atoms with Gasteiger partial charge >= 0.3 is 0 Å². The molecule has 11 aromatic carbocycles. The lowest BCUT2D eigenvalue weighted by atomic mass is 10.1. The summed E-state index contributed by atoms with van der Waals surface area (Å²) in [5, 5.41) is -6.51. The van der Waals surface area contributed by atoms with Gasteiger partial charge in [0, 0.05) is 43.4 Å². The number of rotatable bonds is 9. The van der Waals surface area contributed by atoms with Crippen LogP contribution in [0.3, 0.4) is 0 Å². The van der Waals surface area contributed by atoms with Crippen molar-refractivity contribution in [3.63, 3.8) is 0 Å². The molecule has 7 heteroatoms. The van der Waals surface area contributed by atoms with E-state index in [0.717, 1.165) is 4.57 Å². The van der Waals surface area contributed by atoms with Gasteiger partial charge in [-0.25, -0.2) is 4.98 Å². The normalized spacial score (nSPS) is 18.9. The van der Waals surface area contributed by atoms with Crippen LogP contribution in [0.15, 0.2) is 278 Å². The van der Waals surface area contributed by atoms with Crippen LogP contribution in [0.5, 0.6) is 0 Å². The highest BCUT2D eigenvalue weighted by Crippen LogP contribution is 2.43. The van der Waals surface area contributed by atoms with E-state index in [9.17, 15) is 32.9 Å². The fourth-order valence-corrected chi connectivity index (χ4v) is 13.2. The molecule has 0 saturated carbocycles. The van der Waals surface area contributed by atoms with Gasteiger partial charge in [-0.3, -0.25) is 4.57 Å². The minimum atomic E-state index is -6.58. The third-order valence-electron chi connectivity index (χ3n) is 12.8. The molecule has 0 unspecified atom stereocenters. The van der Waals surface area contributed by atoms with Crippen molar-refractivity contribution in [2.24, 2.45) is 0 Å². The molecule has 0 atom stereocenters. The average molecular weight is 1030 g/mol. The highest BCUT2D eigenvalue weighted by Gasteiger charge is 2.41. The quantitative estimate of drug-likeness (QED) is 0.107. The maximum Gasteiger partial charge on any atom is 0.238 e. The van der Waals surface area contributed by atoms with Crippen LogP contribution in [0.4, 0.5) is 0 Å². The minimum Gasteiger partial charge on any atom is -0.307 e. The Kier molecular flexibility index (Phi) is 4.65. The maximum atomic E-state index is 10.4. The predicted molar refractivity (Wildman–Crippen MR) is 317 cm³/mol. The Labute approximate surface area is 493 Å². The predicted octanol–water partition coefficient (Wildman–Crippen LogP) is 13.9. The summed E-state index contributed by atoms with van der Waals surface area (Å²) in [6.45, 7) is 0. The Morgan fingerprint density at radius 2 is 0.684 bits per heavy atom. The smallest absolute Gasteiger partial charge is 0.238 e. The zero-order chi connectivity index (χ0) is 83.2. The van der Waals surface area contributed by atoms with Crippen molar-refractivity contribution >= 4 is 94.2 Å². The van der Waals surface area contributed by atoms with E-state index in [-0.39, 0.29) is 5.69 Å². The van der Waals surface area contributed by atoms with Crippen molar-refractivity contribution < 1.29 is 52.1 Å². The molecule has 4 aromatic heterocycles. The lowest BCUT2D eigenvalue weighted by Crippen LogP contribution is -2.74. The fourth-order valence-electron chi connectivity index (χ4n) is 9.74. The molecule has 0 amide bonds. The zero-order valence-corrected chi connectivity index (χ0v) is 39.3. The van der Waals surface area contributed by atoms with Crippen LogP contribution in [0.2, 0.25) is 0 Å². The molecular weight excluding hydrogens is 941 g/mol. The molecule has 4 heterocycles. The summed E-state index contributed by atoms with van der Waals surface area (Å²) in [7, 11) is -6.58. The van der Waals surface area contributed by atoms with Gasteiger partial charge in [-0.1, -0.05) is 242 Å². The van der Waals surface area contributed by atoms with E-state index >= 15 is 0 Å². The zero-order valence-electron chi connectivity index (χ0n) is 76.3. The third kappa shape index (κ3) is 6.62. The number of benzene rings is 11. The van der Waals surface area contributed by atoms with Gasteiger partial charge in [0.2, 0.25) is 5.95 Å². The van der Waals surface area contributed by atoms with Crippen molar-refractivity contribution in [1.82, 2.24) is 28.7 Å². The molecule has 76 heavy (non-hydrogen) atoms. The second-order valence-corrected chi connectivity index (χ2v) is 20.2. The number of nitrogens with zero attached hydrogens (tertiary/aromatic N) is 6. The fraction of sp³-hybridized carbons (Fsp3) is 0. The van der Waals surface area contributed by atoms with E-state index in [1.54, 1.807) is 48.5 Å². The lowest BCUT2D eigenvalue weighted by Gasteiger charge is -2.34. The first-order valence-electron chi connectivity index (χ1n) is 41.8. The minimum absolute atomic E-state index is 0.309. The first-order chi connectivity index (χ1) is 53.5. The van der Waals surface area contributed by atoms with Crippen LogP contribution in [0, 0.1) is 0 Å². The molecule has 356 valence electrons. The Hall–Kier alpha value is -9.95. The highest BCUT2D eigenvalue weighted by molar-refractivity contribution is 7.19. The van der Waals surface area contributed by atoms with Crippen LogP contribution >= 0.6 is 0 Å². The molecule has 0 fully saturated rings. The van der Waals surface area contributed by atoms with Crippen molar-refractivity contribution in [3.05, 3.63) is 278 Å². The standard InChI is InChI=1S/C69H46N6Si/c1-5-23-47(24-6-1)67-70-68(48-43-45-52(46-44-48)76(49-25-7-2-8-26-49,50-27-9-3-10-28-50)51-29-11-4-12-30-51)72-69(71-67)75-62-40-20-16-34-56(62)58-36-22-42-64(66(58)75)74-61-39-19-15-33-55(61)57-35-21-41-63(65(57)74)73-59-37-17-13-31-53(59)54-32-14-18-38-60(54)73/h1-46H/i1D,2D,3D,4D,5D,6D,7D,8D,9D,10D,11D,12D,15D,16D,19D,20D,21D,22D,23D,24D,25D,26D,27D,28D,29D,30D,33D,34D,35D,36D,39D,40D,41D,42D,43D,44D,45D,46D. The first kappa shape index (κ1) is 20.1. The molecule has 15 aromatic rings. The topological polar surface area (TPSA) is 53.5 Å². The molecular formula is C69H46N6Si. The summed E-state index contributed by atoms with van der Waals surface area (Å²) in [6.07, 6.45) is 0. The molecule has 0 saturated heterocycles. The van der Waals surface area contributed by atoms with E-state index < -0.39 is 336 Å². The summed E-state index contributed by atoms with van der Waals surface area (Å²) in [4.78, 5) is 13.8. The molecule has 0 radical (unpaired) electrons. The monoisotopic (exact) mass is 1020 g/mol. The Bertz CT molecular complexity index is 6690. The number of hydrogen-bond acceptors (Lipinski definition) is 3. The summed E-state index contributed by atoms with van der Waals surface area (Å²) >= 11 is 0. The molecule has 0 aliphatic rings. The van der Waals surface area contributed by atoms with Gasteiger partial charge in [-0.05, 0) is 57.0 Å². The van der Waals surface area contributed by atoms with Crippen LogP contribution in [0.1, 0.15) is 52.1 Å². The van der Waals surface area contributed by atoms with Crippen molar-refractivity contribution in [1.29, 1.82) is 0 Å². The van der Waals surface area contributed by atoms with Crippen molar-refractivity contribution in [2.45, 2.75) is 0 Å². The van der Waals surface area contributed by atoms with Gasteiger partial charge in [0.05, 0.1) is 96.6 Å².